The van der Waals surface area contributed by atoms with Crippen LogP contribution in [0.5, 0.6) is 0 Å². The number of nitrogens with one attached hydrogen (secondary N) is 3. The lowest BCUT2D eigenvalue weighted by molar-refractivity contribution is -0.227. The van der Waals surface area contributed by atoms with Gasteiger partial charge in [-0.3, -0.25) is 38.9 Å². The Labute approximate surface area is 238 Å². The third kappa shape index (κ3) is 13.4. The molecule has 1 fully saturated rings. The van der Waals surface area contributed by atoms with Crippen molar-refractivity contribution in [3.8, 4) is 0 Å². The van der Waals surface area contributed by atoms with Crippen LogP contribution in [0.3, 0.4) is 0 Å². The van der Waals surface area contributed by atoms with Gasteiger partial charge in [0.25, 0.3) is 0 Å². The van der Waals surface area contributed by atoms with E-state index < -0.39 is 84.4 Å². The molecule has 0 aromatic carbocycles. The van der Waals surface area contributed by atoms with Crippen molar-refractivity contribution in [1.82, 2.24) is 20.9 Å². The summed E-state index contributed by atoms with van der Waals surface area (Å²) in [7, 11) is 1.40. The highest BCUT2D eigenvalue weighted by atomic mass is 16.6. The van der Waals surface area contributed by atoms with Gasteiger partial charge in [0.1, 0.15) is 30.9 Å². The molecule has 0 aromatic heterocycles. The minimum absolute atomic E-state index is 0.289. The molecule has 5 atom stereocenters. The predicted molar refractivity (Wildman–Crippen MR) is 139 cm³/mol. The zero-order chi connectivity index (χ0) is 31.5. The van der Waals surface area contributed by atoms with E-state index in [1.807, 2.05) is 0 Å². The van der Waals surface area contributed by atoms with Gasteiger partial charge in [0.2, 0.25) is 17.7 Å². The van der Waals surface area contributed by atoms with E-state index >= 15 is 0 Å². The molecule has 41 heavy (non-hydrogen) atoms. The van der Waals surface area contributed by atoms with E-state index in [0.29, 0.717) is 0 Å². The van der Waals surface area contributed by atoms with Crippen LogP contribution in [0.4, 0.5) is 0 Å². The molecule has 0 radical (unpaired) electrons. The van der Waals surface area contributed by atoms with Gasteiger partial charge in [-0.25, -0.2) is 0 Å². The molecule has 0 saturated carbocycles. The number of ether oxygens (including phenoxy) is 5. The number of hydrogen-bond acceptors (Lipinski definition) is 13. The molecule has 1 aliphatic rings. The Morgan fingerprint density at radius 3 is 1.93 bits per heavy atom. The molecule has 1 heterocycles. The predicted octanol–water partition coefficient (Wildman–Crippen LogP) is -1.85. The molecule has 1 saturated heterocycles. The minimum Gasteiger partial charge on any atom is -0.463 e. The molecule has 1 rings (SSSR count). The van der Waals surface area contributed by atoms with E-state index in [-0.39, 0.29) is 19.6 Å². The van der Waals surface area contributed by atoms with Gasteiger partial charge in [0.05, 0.1) is 13.1 Å². The first kappa shape index (κ1) is 35.2. The quantitative estimate of drug-likeness (QED) is 0.169. The van der Waals surface area contributed by atoms with Crippen LogP contribution in [0.1, 0.15) is 48.5 Å². The first-order chi connectivity index (χ1) is 18.9. The summed E-state index contributed by atoms with van der Waals surface area (Å²) in [4.78, 5) is 85.3. The van der Waals surface area contributed by atoms with Gasteiger partial charge in [-0.2, -0.15) is 0 Å². The summed E-state index contributed by atoms with van der Waals surface area (Å²) in [6, 6.07) is -1.22. The number of rotatable bonds is 12. The number of amides is 3. The Bertz CT molecular complexity index is 996. The lowest BCUT2D eigenvalue weighted by Crippen LogP contribution is -2.70. The summed E-state index contributed by atoms with van der Waals surface area (Å²) in [6.07, 6.45) is -5.18. The highest BCUT2D eigenvalue weighted by molar-refractivity contribution is 5.84. The average molecular weight is 589 g/mol. The molecular weight excluding hydrogens is 548 g/mol. The van der Waals surface area contributed by atoms with Crippen molar-refractivity contribution in [1.29, 1.82) is 0 Å². The Kier molecular flexibility index (Phi) is 13.6. The minimum atomic E-state index is -1.34. The van der Waals surface area contributed by atoms with Crippen LogP contribution in [0.2, 0.25) is 0 Å². The third-order valence-electron chi connectivity index (χ3n) is 5.19. The van der Waals surface area contributed by atoms with Gasteiger partial charge in [-0.1, -0.05) is 0 Å². The van der Waals surface area contributed by atoms with Gasteiger partial charge >= 0.3 is 23.9 Å². The Morgan fingerprint density at radius 2 is 1.41 bits per heavy atom. The van der Waals surface area contributed by atoms with Gasteiger partial charge < -0.3 is 39.2 Å². The summed E-state index contributed by atoms with van der Waals surface area (Å²) in [5.74, 6) is -4.57. The topological polar surface area (TPSA) is 205 Å². The van der Waals surface area contributed by atoms with E-state index in [1.54, 1.807) is 20.8 Å². The molecule has 16 nitrogen and oxygen atoms in total. The van der Waals surface area contributed by atoms with Crippen LogP contribution >= 0.6 is 0 Å². The molecule has 1 aliphatic heterocycles. The van der Waals surface area contributed by atoms with Gasteiger partial charge in [0.15, 0.2) is 18.4 Å². The largest absolute Gasteiger partial charge is 0.463 e. The summed E-state index contributed by atoms with van der Waals surface area (Å²) in [5, 5.41) is 7.68. The monoisotopic (exact) mass is 588 g/mol. The fourth-order valence-corrected chi connectivity index (χ4v) is 3.74. The van der Waals surface area contributed by atoms with E-state index in [9.17, 15) is 33.6 Å². The second-order valence-corrected chi connectivity index (χ2v) is 10.3. The van der Waals surface area contributed by atoms with Crippen LogP contribution in [-0.2, 0) is 57.2 Å². The van der Waals surface area contributed by atoms with Crippen LogP contribution < -0.4 is 16.0 Å². The van der Waals surface area contributed by atoms with Crippen molar-refractivity contribution in [2.45, 2.75) is 84.6 Å². The van der Waals surface area contributed by atoms with Gasteiger partial charge in [0, 0.05) is 34.7 Å². The second-order valence-electron chi connectivity index (χ2n) is 10.3. The Balaban J connectivity index is 2.98. The number of nitrogens with zero attached hydrogens (tertiary/aromatic N) is 1. The lowest BCUT2D eigenvalue weighted by atomic mass is 9.95. The Hall–Kier alpha value is -3.79. The number of esters is 4. The van der Waals surface area contributed by atoms with Crippen LogP contribution in [0.25, 0.3) is 0 Å². The summed E-state index contributed by atoms with van der Waals surface area (Å²) < 4.78 is 26.7. The molecule has 0 bridgehead atoms. The van der Waals surface area contributed by atoms with Crippen molar-refractivity contribution in [3.05, 3.63) is 0 Å². The van der Waals surface area contributed by atoms with Crippen molar-refractivity contribution < 1.29 is 57.2 Å². The molecule has 16 heteroatoms. The second kappa shape index (κ2) is 15.9. The van der Waals surface area contributed by atoms with Crippen molar-refractivity contribution in [2.75, 3.05) is 33.3 Å². The Morgan fingerprint density at radius 1 is 0.829 bits per heavy atom. The smallest absolute Gasteiger partial charge is 0.326 e. The number of hydrogen-bond donors (Lipinski definition) is 3. The summed E-state index contributed by atoms with van der Waals surface area (Å²) >= 11 is 0. The van der Waals surface area contributed by atoms with E-state index in [4.69, 9.17) is 23.7 Å². The maximum Gasteiger partial charge on any atom is 0.326 e. The molecule has 3 amide bonds. The normalized spacial score (nSPS) is 22.0. The highest BCUT2D eigenvalue weighted by Crippen LogP contribution is 2.26. The van der Waals surface area contributed by atoms with Gasteiger partial charge in [-0.15, -0.1) is 0 Å². The van der Waals surface area contributed by atoms with Crippen molar-refractivity contribution in [2.24, 2.45) is 0 Å². The molecule has 0 unspecified atom stereocenters. The van der Waals surface area contributed by atoms with E-state index in [0.717, 1.165) is 25.7 Å². The molecule has 0 aliphatic carbocycles. The lowest BCUT2D eigenvalue weighted by Gasteiger charge is -2.45. The highest BCUT2D eigenvalue weighted by Gasteiger charge is 2.51. The number of carbonyl (C=O) groups is 7. The van der Waals surface area contributed by atoms with E-state index in [2.05, 4.69) is 16.0 Å². The number of carbonyl (C=O) groups excluding carboxylic acids is 7. The molecular formula is C25H40N4O12. The SMILES string of the molecule is CC(=O)N[C@@H]1[C@@H](OC(C)=O)[C@H](OC(C)=O)[C@@H](COC(C)=O)O[C@H]1NC(=O)CNCC(=O)N(C)CC(=O)OC(C)(C)C. The molecule has 232 valence electrons. The van der Waals surface area contributed by atoms with Crippen molar-refractivity contribution >= 4 is 41.6 Å². The molecule has 3 N–H and O–H groups in total. The van der Waals surface area contributed by atoms with Crippen LogP contribution in [0, 0.1) is 0 Å². The first-order valence-electron chi connectivity index (χ1n) is 12.8. The van der Waals surface area contributed by atoms with Crippen LogP contribution in [-0.4, -0.2) is 116 Å². The molecule has 0 aromatic rings. The van der Waals surface area contributed by atoms with Gasteiger partial charge in [-0.05, 0) is 20.8 Å². The summed E-state index contributed by atoms with van der Waals surface area (Å²) in [6.45, 7) is 8.21. The summed E-state index contributed by atoms with van der Waals surface area (Å²) in [5.41, 5.74) is -0.711. The zero-order valence-corrected chi connectivity index (χ0v) is 24.6. The third-order valence-corrected chi connectivity index (χ3v) is 5.19. The van der Waals surface area contributed by atoms with Crippen molar-refractivity contribution in [3.63, 3.8) is 0 Å². The fraction of sp³-hybridized carbons (Fsp3) is 0.720. The number of likely N-dealkylation sites (N-methyl/N-ethyl adjacent to an activating group) is 1. The zero-order valence-electron chi connectivity index (χ0n) is 24.6. The maximum absolute atomic E-state index is 12.7. The standard InChI is InChI=1S/C25H40N4O12/c1-13(30)27-21-23(39-16(4)33)22(38-15(3)32)17(12-37-14(2)31)40-24(21)28-18(34)9-26-10-19(35)29(8)11-20(36)41-25(5,6)7/h17,21-24,26H,9-12H2,1-8H3,(H,27,30)(H,28,34)/t17-,21-,22-,23-,24-/m1/s1. The maximum atomic E-state index is 12.7. The average Bonchev–Trinajstić information content (AvgIpc) is 2.79. The fourth-order valence-electron chi connectivity index (χ4n) is 3.74. The first-order valence-corrected chi connectivity index (χ1v) is 12.8. The molecule has 0 spiro atoms. The van der Waals surface area contributed by atoms with Crippen LogP contribution in [0.15, 0.2) is 0 Å². The van der Waals surface area contributed by atoms with E-state index in [1.165, 1.54) is 14.0 Å².